The highest BCUT2D eigenvalue weighted by Crippen LogP contribution is 2.29. The van der Waals surface area contributed by atoms with Crippen LogP contribution < -0.4 is 10.4 Å². The molecule has 25 heavy (non-hydrogen) atoms. The lowest BCUT2D eigenvalue weighted by Crippen LogP contribution is -2.15. The molecule has 2 aromatic carbocycles. The average Bonchev–Trinajstić information content (AvgIpc) is 2.61. The van der Waals surface area contributed by atoms with Crippen LogP contribution in [0.15, 0.2) is 57.7 Å². The number of unbranched alkanes of at least 4 members (excludes halogenated alkanes) is 1. The molecule has 0 unspecified atom stereocenters. The van der Waals surface area contributed by atoms with E-state index in [4.69, 9.17) is 20.8 Å². The van der Waals surface area contributed by atoms with E-state index < -0.39 is 11.6 Å². The molecule has 0 amide bonds. The van der Waals surface area contributed by atoms with Gasteiger partial charge >= 0.3 is 11.6 Å². The fraction of sp³-hybridized carbons (Fsp3) is 0.200. The molecule has 0 aliphatic rings. The first-order valence-electron chi connectivity index (χ1n) is 8.12. The van der Waals surface area contributed by atoms with Crippen LogP contribution in [0.2, 0.25) is 5.02 Å². The van der Waals surface area contributed by atoms with Crippen molar-refractivity contribution in [3.8, 4) is 5.75 Å². The van der Waals surface area contributed by atoms with Crippen molar-refractivity contribution in [2.45, 2.75) is 26.2 Å². The lowest BCUT2D eigenvalue weighted by molar-refractivity contribution is 0.0734. The predicted molar refractivity (Wildman–Crippen MR) is 97.5 cm³/mol. The van der Waals surface area contributed by atoms with Crippen LogP contribution in [0.4, 0.5) is 0 Å². The molecular formula is C20H17ClO4. The normalized spacial score (nSPS) is 10.8. The number of ether oxygens (including phenoxy) is 1. The summed E-state index contributed by atoms with van der Waals surface area (Å²) in [5, 5.41) is 1.04. The molecule has 128 valence electrons. The number of esters is 1. The van der Waals surface area contributed by atoms with Crippen molar-refractivity contribution in [1.29, 1.82) is 0 Å². The Labute approximate surface area is 150 Å². The first-order valence-corrected chi connectivity index (χ1v) is 8.50. The van der Waals surface area contributed by atoms with Crippen molar-refractivity contribution in [1.82, 2.24) is 0 Å². The minimum atomic E-state index is -0.559. The van der Waals surface area contributed by atoms with E-state index in [0.717, 1.165) is 12.8 Å². The first-order chi connectivity index (χ1) is 12.1. The van der Waals surface area contributed by atoms with Crippen molar-refractivity contribution in [2.24, 2.45) is 0 Å². The highest BCUT2D eigenvalue weighted by atomic mass is 35.5. The van der Waals surface area contributed by atoms with Crippen molar-refractivity contribution in [3.63, 3.8) is 0 Å². The van der Waals surface area contributed by atoms with Gasteiger partial charge in [-0.2, -0.15) is 0 Å². The Morgan fingerprint density at radius 2 is 1.96 bits per heavy atom. The smallest absolute Gasteiger partial charge is 0.343 e. The van der Waals surface area contributed by atoms with E-state index >= 15 is 0 Å². The quantitative estimate of drug-likeness (QED) is 0.476. The van der Waals surface area contributed by atoms with Crippen LogP contribution in [0.25, 0.3) is 11.0 Å². The Bertz CT molecular complexity index is 975. The summed E-state index contributed by atoms with van der Waals surface area (Å²) in [5.74, 6) is -0.290. The van der Waals surface area contributed by atoms with E-state index in [1.165, 1.54) is 6.07 Å². The Hall–Kier alpha value is -2.59. The van der Waals surface area contributed by atoms with Gasteiger partial charge in [0.25, 0.3) is 0 Å². The molecule has 1 aromatic heterocycles. The van der Waals surface area contributed by atoms with Crippen LogP contribution >= 0.6 is 11.6 Å². The third-order valence-electron chi connectivity index (χ3n) is 3.89. The maximum atomic E-state index is 12.5. The molecule has 4 nitrogen and oxygen atoms in total. The zero-order chi connectivity index (χ0) is 17.8. The summed E-state index contributed by atoms with van der Waals surface area (Å²) in [6.45, 7) is 2.03. The van der Waals surface area contributed by atoms with Gasteiger partial charge in [-0.15, -0.1) is 0 Å². The van der Waals surface area contributed by atoms with Crippen LogP contribution in [0, 0.1) is 0 Å². The van der Waals surface area contributed by atoms with Gasteiger partial charge in [-0.3, -0.25) is 0 Å². The number of rotatable bonds is 5. The zero-order valence-corrected chi connectivity index (χ0v) is 14.5. The lowest BCUT2D eigenvalue weighted by atomic mass is 10.1. The minimum Gasteiger partial charge on any atom is -0.422 e. The van der Waals surface area contributed by atoms with Crippen LogP contribution in [0.5, 0.6) is 5.75 Å². The monoisotopic (exact) mass is 356 g/mol. The van der Waals surface area contributed by atoms with Gasteiger partial charge in [0.05, 0.1) is 16.5 Å². The molecule has 3 rings (SSSR count). The second-order valence-corrected chi connectivity index (χ2v) is 6.13. The molecule has 0 aliphatic heterocycles. The SMILES string of the molecule is CCCCc1c(OC(=O)c2cccc(Cl)c2)c2ccccc2oc1=O. The van der Waals surface area contributed by atoms with Gasteiger partial charge in [0.15, 0.2) is 5.75 Å². The van der Waals surface area contributed by atoms with Crippen molar-refractivity contribution >= 4 is 28.5 Å². The Morgan fingerprint density at radius 3 is 2.72 bits per heavy atom. The number of hydrogen-bond donors (Lipinski definition) is 0. The fourth-order valence-corrected chi connectivity index (χ4v) is 2.80. The summed E-state index contributed by atoms with van der Waals surface area (Å²) in [6, 6.07) is 13.5. The minimum absolute atomic E-state index is 0.269. The molecule has 0 saturated carbocycles. The fourth-order valence-electron chi connectivity index (χ4n) is 2.61. The molecule has 0 saturated heterocycles. The molecule has 0 atom stereocenters. The van der Waals surface area contributed by atoms with Crippen molar-refractivity contribution < 1.29 is 13.9 Å². The van der Waals surface area contributed by atoms with Gasteiger partial charge < -0.3 is 9.15 Å². The van der Waals surface area contributed by atoms with E-state index in [2.05, 4.69) is 0 Å². The van der Waals surface area contributed by atoms with Crippen molar-refractivity contribution in [2.75, 3.05) is 0 Å². The van der Waals surface area contributed by atoms with Gasteiger partial charge in [-0.1, -0.05) is 43.1 Å². The van der Waals surface area contributed by atoms with Gasteiger partial charge in [0.1, 0.15) is 5.58 Å². The summed E-state index contributed by atoms with van der Waals surface area (Å²) >= 11 is 5.94. The van der Waals surface area contributed by atoms with E-state index in [0.29, 0.717) is 33.5 Å². The summed E-state index contributed by atoms with van der Waals surface area (Å²) in [7, 11) is 0. The highest BCUT2D eigenvalue weighted by molar-refractivity contribution is 6.30. The molecule has 5 heteroatoms. The summed E-state index contributed by atoms with van der Waals surface area (Å²) in [6.07, 6.45) is 2.20. The van der Waals surface area contributed by atoms with Crippen molar-refractivity contribution in [3.05, 3.63) is 75.1 Å². The maximum absolute atomic E-state index is 12.5. The predicted octanol–water partition coefficient (Wildman–Crippen LogP) is 5.01. The Kier molecular flexibility index (Phi) is 5.19. The topological polar surface area (TPSA) is 56.5 Å². The van der Waals surface area contributed by atoms with Gasteiger partial charge in [-0.25, -0.2) is 9.59 Å². The Morgan fingerprint density at radius 1 is 1.16 bits per heavy atom. The Balaban J connectivity index is 2.09. The van der Waals surface area contributed by atoms with Crippen LogP contribution in [0.1, 0.15) is 35.7 Å². The molecule has 0 aliphatic carbocycles. The summed E-state index contributed by atoms with van der Waals surface area (Å²) in [5.41, 5.74) is 0.630. The number of benzene rings is 2. The summed E-state index contributed by atoms with van der Waals surface area (Å²) in [4.78, 5) is 24.9. The highest BCUT2D eigenvalue weighted by Gasteiger charge is 2.19. The number of halogens is 1. The second kappa shape index (κ2) is 7.53. The first kappa shape index (κ1) is 17.2. The third-order valence-corrected chi connectivity index (χ3v) is 4.13. The zero-order valence-electron chi connectivity index (χ0n) is 13.8. The van der Waals surface area contributed by atoms with Crippen LogP contribution in [-0.2, 0) is 6.42 Å². The lowest BCUT2D eigenvalue weighted by Gasteiger charge is -2.12. The van der Waals surface area contributed by atoms with E-state index in [9.17, 15) is 9.59 Å². The molecule has 0 fully saturated rings. The molecule has 0 bridgehead atoms. The number of fused-ring (bicyclic) bond motifs is 1. The number of carbonyl (C=O) groups excluding carboxylic acids is 1. The summed E-state index contributed by atoms with van der Waals surface area (Å²) < 4.78 is 11.0. The maximum Gasteiger partial charge on any atom is 0.343 e. The number of hydrogen-bond acceptors (Lipinski definition) is 4. The van der Waals surface area contributed by atoms with Gasteiger partial charge in [0, 0.05) is 5.02 Å². The molecule has 0 spiro atoms. The van der Waals surface area contributed by atoms with E-state index in [-0.39, 0.29) is 5.75 Å². The number of para-hydroxylation sites is 1. The van der Waals surface area contributed by atoms with Crippen LogP contribution in [-0.4, -0.2) is 5.97 Å². The molecular weight excluding hydrogens is 340 g/mol. The largest absolute Gasteiger partial charge is 0.422 e. The van der Waals surface area contributed by atoms with Crippen LogP contribution in [0.3, 0.4) is 0 Å². The third kappa shape index (κ3) is 3.74. The molecule has 0 N–H and O–H groups in total. The number of carbonyl (C=O) groups is 1. The standard InChI is InChI=1S/C20H17ClO4/c1-2-3-9-16-18(15-10-4-5-11-17(15)24-20(16)23)25-19(22)13-7-6-8-14(21)12-13/h4-8,10-12H,2-3,9H2,1H3. The van der Waals surface area contributed by atoms with Gasteiger partial charge in [0.2, 0.25) is 0 Å². The second-order valence-electron chi connectivity index (χ2n) is 5.70. The molecule has 3 aromatic rings. The van der Waals surface area contributed by atoms with E-state index in [1.54, 1.807) is 36.4 Å². The van der Waals surface area contributed by atoms with E-state index in [1.807, 2.05) is 13.0 Å². The average molecular weight is 357 g/mol. The molecule has 0 radical (unpaired) electrons. The van der Waals surface area contributed by atoms with Gasteiger partial charge in [-0.05, 0) is 43.2 Å². The molecule has 1 heterocycles.